The lowest BCUT2D eigenvalue weighted by Crippen LogP contribution is -2.01. The highest BCUT2D eigenvalue weighted by Gasteiger charge is 2.26. The van der Waals surface area contributed by atoms with Crippen LogP contribution in [0.5, 0.6) is 5.88 Å². The molecule has 0 unspecified atom stereocenters. The van der Waals surface area contributed by atoms with Crippen molar-refractivity contribution in [3.05, 3.63) is 30.1 Å². The van der Waals surface area contributed by atoms with Gasteiger partial charge >= 0.3 is 0 Å². The third-order valence-corrected chi connectivity index (χ3v) is 1.84. The van der Waals surface area contributed by atoms with Crippen molar-refractivity contribution in [1.29, 1.82) is 0 Å². The van der Waals surface area contributed by atoms with E-state index in [0.717, 1.165) is 11.4 Å². The van der Waals surface area contributed by atoms with E-state index in [1.807, 2.05) is 25.1 Å². The minimum atomic E-state index is 0.605. The largest absolute Gasteiger partial charge is 0.478 e. The summed E-state index contributed by atoms with van der Waals surface area (Å²) in [5.41, 5.74) is 1.68. The first-order chi connectivity index (χ1) is 7.35. The lowest BCUT2D eigenvalue weighted by atomic mass is 10.3. The van der Waals surface area contributed by atoms with Crippen molar-refractivity contribution in [2.75, 3.05) is 13.7 Å². The van der Waals surface area contributed by atoms with Gasteiger partial charge in [-0.15, -0.1) is 4.99 Å². The van der Waals surface area contributed by atoms with E-state index in [9.17, 15) is 0 Å². The Bertz CT molecular complexity index is 379. The molecule has 80 valence electrons. The molecule has 1 aliphatic rings. The minimum Gasteiger partial charge on any atom is -0.478 e. The summed E-state index contributed by atoms with van der Waals surface area (Å²) in [6.45, 7) is 2.53. The number of nitrogens with zero attached hydrogens (tertiary/aromatic N) is 2. The standard InChI is InChI=1S/C10H12N2O3/c1-3-14-10-6-4-5-8(11-10)9-7-12(9)15-13-2/h4-7H,3H2,1-2H3. The molecule has 0 aliphatic carbocycles. The lowest BCUT2D eigenvalue weighted by molar-refractivity contribution is -0.362. The van der Waals surface area contributed by atoms with Crippen LogP contribution >= 0.6 is 0 Å². The molecule has 0 amide bonds. The Morgan fingerprint density at radius 2 is 2.27 bits per heavy atom. The van der Waals surface area contributed by atoms with Crippen LogP contribution < -0.4 is 4.74 Å². The van der Waals surface area contributed by atoms with Crippen molar-refractivity contribution in [1.82, 2.24) is 10.0 Å². The van der Waals surface area contributed by atoms with Gasteiger partial charge < -0.3 is 4.74 Å². The first kappa shape index (κ1) is 9.95. The molecular weight excluding hydrogens is 196 g/mol. The van der Waals surface area contributed by atoms with Gasteiger partial charge in [0.25, 0.3) is 0 Å². The van der Waals surface area contributed by atoms with Gasteiger partial charge in [-0.2, -0.15) is 5.06 Å². The molecule has 5 nitrogen and oxygen atoms in total. The molecule has 0 saturated carbocycles. The Kier molecular flexibility index (Phi) is 2.84. The Balaban J connectivity index is 2.04. The number of hydroxylamine groups is 2. The van der Waals surface area contributed by atoms with E-state index in [2.05, 4.69) is 9.87 Å². The molecule has 15 heavy (non-hydrogen) atoms. The zero-order valence-corrected chi connectivity index (χ0v) is 8.64. The second-order valence-electron chi connectivity index (χ2n) is 2.88. The fraction of sp³-hybridized carbons (Fsp3) is 0.300. The average molecular weight is 208 g/mol. The normalized spacial score (nSPS) is 13.7. The molecule has 2 heterocycles. The summed E-state index contributed by atoms with van der Waals surface area (Å²) in [5, 5.41) is 1.50. The van der Waals surface area contributed by atoms with Gasteiger partial charge in [-0.05, 0) is 13.0 Å². The van der Waals surface area contributed by atoms with Gasteiger partial charge in [0, 0.05) is 6.07 Å². The van der Waals surface area contributed by atoms with Crippen LogP contribution in [0.4, 0.5) is 0 Å². The van der Waals surface area contributed by atoms with Crippen molar-refractivity contribution < 1.29 is 14.6 Å². The van der Waals surface area contributed by atoms with E-state index in [1.165, 1.54) is 12.2 Å². The van der Waals surface area contributed by atoms with Crippen molar-refractivity contribution >= 4 is 5.70 Å². The molecule has 0 spiro atoms. The van der Waals surface area contributed by atoms with Crippen LogP contribution in [0.2, 0.25) is 0 Å². The molecule has 0 radical (unpaired) electrons. The van der Waals surface area contributed by atoms with E-state index in [0.29, 0.717) is 12.5 Å². The van der Waals surface area contributed by atoms with Crippen LogP contribution in [0.15, 0.2) is 24.4 Å². The summed E-state index contributed by atoms with van der Waals surface area (Å²) >= 11 is 0. The Morgan fingerprint density at radius 3 is 3.00 bits per heavy atom. The van der Waals surface area contributed by atoms with Gasteiger partial charge in [0.2, 0.25) is 5.88 Å². The smallest absolute Gasteiger partial charge is 0.213 e. The molecular formula is C10H12N2O3. The highest BCUT2D eigenvalue weighted by molar-refractivity contribution is 5.70. The minimum absolute atomic E-state index is 0.605. The molecule has 0 atom stereocenters. The maximum atomic E-state index is 5.29. The predicted octanol–water partition coefficient (Wildman–Crippen LogP) is 1.59. The van der Waals surface area contributed by atoms with Crippen LogP contribution in [0, 0.1) is 0 Å². The number of hydrogen-bond acceptors (Lipinski definition) is 5. The Hall–Kier alpha value is -1.59. The van der Waals surface area contributed by atoms with Crippen molar-refractivity contribution in [2.24, 2.45) is 0 Å². The van der Waals surface area contributed by atoms with Gasteiger partial charge in [0.05, 0.1) is 25.6 Å². The van der Waals surface area contributed by atoms with Crippen molar-refractivity contribution in [2.45, 2.75) is 6.92 Å². The maximum Gasteiger partial charge on any atom is 0.213 e. The van der Waals surface area contributed by atoms with Crippen molar-refractivity contribution in [3.63, 3.8) is 0 Å². The van der Waals surface area contributed by atoms with Gasteiger partial charge in [-0.25, -0.2) is 9.87 Å². The molecule has 1 aromatic rings. The molecule has 1 aliphatic heterocycles. The number of aromatic nitrogens is 1. The van der Waals surface area contributed by atoms with E-state index in [4.69, 9.17) is 9.73 Å². The SMILES string of the molecule is CCOc1cccc(C2=CN2OOC)n1. The second kappa shape index (κ2) is 4.29. The van der Waals surface area contributed by atoms with Gasteiger partial charge in [-0.3, -0.25) is 0 Å². The van der Waals surface area contributed by atoms with Crippen LogP contribution in [0.3, 0.4) is 0 Å². The molecule has 5 heteroatoms. The highest BCUT2D eigenvalue weighted by atomic mass is 17.3. The molecule has 0 saturated heterocycles. The highest BCUT2D eigenvalue weighted by Crippen LogP contribution is 2.31. The molecule has 0 fully saturated rings. The first-order valence-corrected chi connectivity index (χ1v) is 4.67. The topological polar surface area (TPSA) is 43.6 Å². The molecule has 0 bridgehead atoms. The third kappa shape index (κ3) is 2.26. The monoisotopic (exact) mass is 208 g/mol. The number of pyridine rings is 1. The van der Waals surface area contributed by atoms with E-state index in [1.54, 1.807) is 6.20 Å². The molecule has 2 rings (SSSR count). The Morgan fingerprint density at radius 1 is 1.40 bits per heavy atom. The summed E-state index contributed by atoms with van der Waals surface area (Å²) in [6.07, 6.45) is 1.78. The summed E-state index contributed by atoms with van der Waals surface area (Å²) in [7, 11) is 1.45. The van der Waals surface area contributed by atoms with E-state index >= 15 is 0 Å². The van der Waals surface area contributed by atoms with Crippen molar-refractivity contribution in [3.8, 4) is 5.88 Å². The number of ether oxygens (including phenoxy) is 1. The Labute approximate surface area is 87.8 Å². The molecule has 1 aromatic heterocycles. The fourth-order valence-corrected chi connectivity index (χ4v) is 1.19. The van der Waals surface area contributed by atoms with E-state index < -0.39 is 0 Å². The predicted molar refractivity (Wildman–Crippen MR) is 53.3 cm³/mol. The van der Waals surface area contributed by atoms with Crippen LogP contribution in [-0.4, -0.2) is 23.8 Å². The quantitative estimate of drug-likeness (QED) is 0.543. The van der Waals surface area contributed by atoms with E-state index in [-0.39, 0.29) is 0 Å². The third-order valence-electron chi connectivity index (χ3n) is 1.84. The lowest BCUT2D eigenvalue weighted by Gasteiger charge is -2.04. The van der Waals surface area contributed by atoms with Crippen LogP contribution in [0.1, 0.15) is 12.6 Å². The zero-order valence-electron chi connectivity index (χ0n) is 8.64. The molecule has 0 N–H and O–H groups in total. The summed E-state index contributed by atoms with van der Waals surface area (Å²) < 4.78 is 5.29. The summed E-state index contributed by atoms with van der Waals surface area (Å²) in [4.78, 5) is 13.6. The van der Waals surface area contributed by atoms with Crippen LogP contribution in [-0.2, 0) is 9.88 Å². The van der Waals surface area contributed by atoms with Gasteiger partial charge in [-0.1, -0.05) is 6.07 Å². The number of rotatable bonds is 5. The number of hydrogen-bond donors (Lipinski definition) is 0. The fourth-order valence-electron chi connectivity index (χ4n) is 1.19. The summed E-state index contributed by atoms with van der Waals surface area (Å²) in [5.74, 6) is 0.611. The average Bonchev–Trinajstić information content (AvgIpc) is 2.99. The van der Waals surface area contributed by atoms with Gasteiger partial charge in [0.15, 0.2) is 0 Å². The maximum absolute atomic E-state index is 5.29. The zero-order chi connectivity index (χ0) is 10.7. The summed E-state index contributed by atoms with van der Waals surface area (Å²) in [6, 6.07) is 5.59. The van der Waals surface area contributed by atoms with Crippen LogP contribution in [0.25, 0.3) is 5.70 Å². The second-order valence-corrected chi connectivity index (χ2v) is 2.88. The van der Waals surface area contributed by atoms with Gasteiger partial charge in [0.1, 0.15) is 5.70 Å². The first-order valence-electron chi connectivity index (χ1n) is 4.67. The molecule has 0 aromatic carbocycles.